The molecule has 4 rings (SSSR count). The lowest BCUT2D eigenvalue weighted by Gasteiger charge is -2.08. The van der Waals surface area contributed by atoms with Gasteiger partial charge in [-0.1, -0.05) is 72.3 Å². The molecule has 35 heavy (non-hydrogen) atoms. The number of aryl methyl sites for hydroxylation is 2. The monoisotopic (exact) mass is 472 g/mol. The number of anilines is 1. The Morgan fingerprint density at radius 1 is 1.06 bits per heavy atom. The molecule has 0 aliphatic carbocycles. The summed E-state index contributed by atoms with van der Waals surface area (Å²) < 4.78 is 3.83. The summed E-state index contributed by atoms with van der Waals surface area (Å²) >= 11 is 0. The second-order valence-corrected chi connectivity index (χ2v) is 7.98. The molecule has 0 aliphatic heterocycles. The number of benzene rings is 2. The molecule has 10 nitrogen and oxygen atoms in total. The molecule has 0 radical (unpaired) electrons. The normalized spacial score (nSPS) is 11.9. The standard InChI is InChI=1S/C25H24N6O4/c1-16-11-13-18(14-12-16)19(23(33)34)27-28-24-26-21-20(22(32)30(3)25(35)29(21)2)31(24)15-7-10-17-8-5-4-6-9-17/h4-14H,15H2,1-3H3,(H,26,28)(H,33,34). The Hall–Kier alpha value is -4.73. The smallest absolute Gasteiger partial charge is 0.356 e. The number of allylic oxidation sites excluding steroid dienone is 1. The number of nitrogens with zero attached hydrogens (tertiary/aromatic N) is 5. The van der Waals surface area contributed by atoms with Gasteiger partial charge in [0, 0.05) is 26.2 Å². The number of hydrogen-bond donors (Lipinski definition) is 2. The lowest BCUT2D eigenvalue weighted by Crippen LogP contribution is -2.37. The molecule has 0 saturated heterocycles. The van der Waals surface area contributed by atoms with Gasteiger partial charge in [-0.25, -0.2) is 15.0 Å². The van der Waals surface area contributed by atoms with Crippen molar-refractivity contribution < 1.29 is 9.90 Å². The third kappa shape index (κ3) is 4.67. The van der Waals surface area contributed by atoms with Crippen LogP contribution in [0.4, 0.5) is 5.95 Å². The third-order valence-corrected chi connectivity index (χ3v) is 5.54. The molecule has 0 aliphatic rings. The minimum absolute atomic E-state index is 0.127. The van der Waals surface area contributed by atoms with Gasteiger partial charge in [0.05, 0.1) is 0 Å². The highest BCUT2D eigenvalue weighted by Crippen LogP contribution is 2.17. The number of hydrazone groups is 1. The quantitative estimate of drug-likeness (QED) is 0.314. The zero-order chi connectivity index (χ0) is 25.1. The predicted octanol–water partition coefficient (Wildman–Crippen LogP) is 2.36. The van der Waals surface area contributed by atoms with Gasteiger partial charge < -0.3 is 5.11 Å². The highest BCUT2D eigenvalue weighted by molar-refractivity contribution is 6.42. The van der Waals surface area contributed by atoms with Crippen LogP contribution in [0.2, 0.25) is 0 Å². The van der Waals surface area contributed by atoms with Crippen LogP contribution < -0.4 is 16.7 Å². The topological polar surface area (TPSA) is 124 Å². The Balaban J connectivity index is 1.82. The van der Waals surface area contributed by atoms with Crippen LogP contribution in [-0.2, 0) is 25.4 Å². The van der Waals surface area contributed by atoms with E-state index in [2.05, 4.69) is 15.5 Å². The number of carboxylic acid groups (broad SMARTS) is 1. The number of fused-ring (bicyclic) bond motifs is 1. The molecule has 0 unspecified atom stereocenters. The van der Waals surface area contributed by atoms with Crippen molar-refractivity contribution in [2.45, 2.75) is 13.5 Å². The summed E-state index contributed by atoms with van der Waals surface area (Å²) in [6.07, 6.45) is 3.73. The molecule has 0 amide bonds. The molecule has 2 N–H and O–H groups in total. The summed E-state index contributed by atoms with van der Waals surface area (Å²) in [7, 11) is 2.91. The van der Waals surface area contributed by atoms with Crippen LogP contribution in [0, 0.1) is 6.92 Å². The average molecular weight is 473 g/mol. The first-order chi connectivity index (χ1) is 16.8. The molecule has 2 heterocycles. The lowest BCUT2D eigenvalue weighted by atomic mass is 10.1. The highest BCUT2D eigenvalue weighted by atomic mass is 16.4. The van der Waals surface area contributed by atoms with Crippen molar-refractivity contribution in [3.05, 3.63) is 98.2 Å². The fourth-order valence-corrected chi connectivity index (χ4v) is 3.62. The second-order valence-electron chi connectivity index (χ2n) is 7.98. The van der Waals surface area contributed by atoms with Gasteiger partial charge in [-0.2, -0.15) is 10.1 Å². The van der Waals surface area contributed by atoms with Crippen LogP contribution in [0.25, 0.3) is 17.2 Å². The molecular weight excluding hydrogens is 448 g/mol. The number of nitrogens with one attached hydrogen (secondary N) is 1. The molecule has 10 heteroatoms. The second kappa shape index (κ2) is 9.64. The van der Waals surface area contributed by atoms with Gasteiger partial charge in [0.15, 0.2) is 16.9 Å². The minimum atomic E-state index is -1.23. The van der Waals surface area contributed by atoms with Crippen molar-refractivity contribution in [3.8, 4) is 0 Å². The molecule has 0 saturated carbocycles. The van der Waals surface area contributed by atoms with E-state index in [0.717, 1.165) is 15.7 Å². The van der Waals surface area contributed by atoms with Gasteiger partial charge in [-0.15, -0.1) is 0 Å². The lowest BCUT2D eigenvalue weighted by molar-refractivity contribution is -0.129. The number of rotatable bonds is 7. The van der Waals surface area contributed by atoms with Crippen LogP contribution in [0.1, 0.15) is 16.7 Å². The van der Waals surface area contributed by atoms with Gasteiger partial charge >= 0.3 is 11.7 Å². The van der Waals surface area contributed by atoms with Gasteiger partial charge in [0.25, 0.3) is 5.56 Å². The predicted molar refractivity (Wildman–Crippen MR) is 135 cm³/mol. The Labute approximate surface area is 200 Å². The van der Waals surface area contributed by atoms with E-state index < -0.39 is 17.2 Å². The van der Waals surface area contributed by atoms with E-state index in [1.54, 1.807) is 28.8 Å². The van der Waals surface area contributed by atoms with E-state index in [9.17, 15) is 19.5 Å². The van der Waals surface area contributed by atoms with Crippen LogP contribution in [0.5, 0.6) is 0 Å². The van der Waals surface area contributed by atoms with Gasteiger partial charge in [-0.05, 0) is 12.5 Å². The fraction of sp³-hybridized carbons (Fsp3) is 0.160. The van der Waals surface area contributed by atoms with Gasteiger partial charge in [-0.3, -0.25) is 18.5 Å². The molecule has 0 atom stereocenters. The fourth-order valence-electron chi connectivity index (χ4n) is 3.62. The first-order valence-corrected chi connectivity index (χ1v) is 10.8. The Morgan fingerprint density at radius 3 is 2.40 bits per heavy atom. The summed E-state index contributed by atoms with van der Waals surface area (Å²) in [4.78, 5) is 41.7. The zero-order valence-corrected chi connectivity index (χ0v) is 19.5. The average Bonchev–Trinajstić information content (AvgIpc) is 3.21. The van der Waals surface area contributed by atoms with Crippen molar-refractivity contribution >= 4 is 34.9 Å². The number of imidazole rings is 1. The molecule has 178 valence electrons. The Bertz CT molecular complexity index is 1570. The summed E-state index contributed by atoms with van der Waals surface area (Å²) in [5.41, 5.74) is 4.16. The minimum Gasteiger partial charge on any atom is -0.476 e. The largest absolute Gasteiger partial charge is 0.476 e. The van der Waals surface area contributed by atoms with E-state index in [-0.39, 0.29) is 29.4 Å². The molecule has 0 bridgehead atoms. The van der Waals surface area contributed by atoms with Crippen LogP contribution in [-0.4, -0.2) is 35.5 Å². The van der Waals surface area contributed by atoms with E-state index in [0.29, 0.717) is 5.56 Å². The van der Waals surface area contributed by atoms with E-state index in [1.807, 2.05) is 49.4 Å². The molecule has 0 fully saturated rings. The van der Waals surface area contributed by atoms with Crippen molar-refractivity contribution in [1.29, 1.82) is 0 Å². The Kier molecular flexibility index (Phi) is 6.45. The Morgan fingerprint density at radius 2 is 1.74 bits per heavy atom. The van der Waals surface area contributed by atoms with Crippen molar-refractivity contribution in [2.75, 3.05) is 5.43 Å². The number of hydrogen-bond acceptors (Lipinski definition) is 6. The number of carboxylic acids is 1. The van der Waals surface area contributed by atoms with Crippen molar-refractivity contribution in [2.24, 2.45) is 19.2 Å². The van der Waals surface area contributed by atoms with Crippen molar-refractivity contribution in [1.82, 2.24) is 18.7 Å². The van der Waals surface area contributed by atoms with Crippen LogP contribution in [0.3, 0.4) is 0 Å². The van der Waals surface area contributed by atoms with Gasteiger partial charge in [0.2, 0.25) is 5.95 Å². The molecule has 2 aromatic carbocycles. The highest BCUT2D eigenvalue weighted by Gasteiger charge is 2.19. The molecule has 4 aromatic rings. The maximum absolute atomic E-state index is 13.0. The first-order valence-electron chi connectivity index (χ1n) is 10.8. The van der Waals surface area contributed by atoms with Crippen molar-refractivity contribution in [3.63, 3.8) is 0 Å². The van der Waals surface area contributed by atoms with Crippen LogP contribution >= 0.6 is 0 Å². The molecule has 0 spiro atoms. The number of carbonyl (C=O) groups is 1. The zero-order valence-electron chi connectivity index (χ0n) is 19.5. The summed E-state index contributed by atoms with van der Waals surface area (Å²) in [6.45, 7) is 2.12. The number of aromatic nitrogens is 4. The SMILES string of the molecule is Cc1ccc(C(=NNc2nc3c(c(=O)n(C)c(=O)n3C)n2CC=Cc2ccccc2)C(=O)O)cc1. The van der Waals surface area contributed by atoms with E-state index in [1.165, 1.54) is 18.7 Å². The van der Waals surface area contributed by atoms with Crippen LogP contribution in [0.15, 0.2) is 75.4 Å². The van der Waals surface area contributed by atoms with E-state index >= 15 is 0 Å². The van der Waals surface area contributed by atoms with E-state index in [4.69, 9.17) is 0 Å². The number of aliphatic carboxylic acids is 1. The first kappa shape index (κ1) is 23.4. The third-order valence-electron chi connectivity index (χ3n) is 5.54. The van der Waals surface area contributed by atoms with Gasteiger partial charge in [0.1, 0.15) is 0 Å². The summed E-state index contributed by atoms with van der Waals surface area (Å²) in [6, 6.07) is 16.5. The summed E-state index contributed by atoms with van der Waals surface area (Å²) in [5.74, 6) is -1.10. The molecular formula is C25H24N6O4. The molecule has 2 aromatic heterocycles. The summed E-state index contributed by atoms with van der Waals surface area (Å²) in [5, 5.41) is 13.8. The maximum atomic E-state index is 13.0. The maximum Gasteiger partial charge on any atom is 0.356 e.